The van der Waals surface area contributed by atoms with E-state index in [2.05, 4.69) is 21.2 Å². The fourth-order valence-electron chi connectivity index (χ4n) is 4.34. The summed E-state index contributed by atoms with van der Waals surface area (Å²) in [6, 6.07) is 22.9. The van der Waals surface area contributed by atoms with Crippen LogP contribution in [0.4, 0.5) is 0 Å². The zero-order valence-electron chi connectivity index (χ0n) is 21.1. The van der Waals surface area contributed by atoms with Crippen molar-refractivity contribution in [2.75, 3.05) is 19.8 Å². The van der Waals surface area contributed by atoms with Crippen molar-refractivity contribution >= 4 is 27.7 Å². The Hall–Kier alpha value is -3.32. The maximum absolute atomic E-state index is 13.8. The third-order valence-electron chi connectivity index (χ3n) is 6.32. The van der Waals surface area contributed by atoms with Gasteiger partial charge in [0.15, 0.2) is 11.5 Å². The van der Waals surface area contributed by atoms with E-state index >= 15 is 0 Å². The summed E-state index contributed by atoms with van der Waals surface area (Å²) < 4.78 is 12.3. The van der Waals surface area contributed by atoms with Crippen LogP contribution >= 0.6 is 15.9 Å². The lowest BCUT2D eigenvalue weighted by molar-refractivity contribution is -0.141. The summed E-state index contributed by atoms with van der Waals surface area (Å²) >= 11 is 3.48. The van der Waals surface area contributed by atoms with Gasteiger partial charge in [0.1, 0.15) is 19.3 Å². The summed E-state index contributed by atoms with van der Waals surface area (Å²) in [5.41, 5.74) is 2.98. The van der Waals surface area contributed by atoms with Crippen molar-refractivity contribution in [2.45, 2.75) is 45.2 Å². The van der Waals surface area contributed by atoms with E-state index in [1.165, 1.54) is 0 Å². The van der Waals surface area contributed by atoms with Crippen LogP contribution < -0.4 is 14.8 Å². The summed E-state index contributed by atoms with van der Waals surface area (Å²) in [4.78, 5) is 28.9. The van der Waals surface area contributed by atoms with Gasteiger partial charge in [0.05, 0.1) is 0 Å². The third kappa shape index (κ3) is 7.59. The minimum atomic E-state index is -0.620. The number of rotatable bonds is 11. The molecule has 194 valence electrons. The SMILES string of the molecule is CCCNC(=O)[C@H](Cc1ccccc1)N(Cc1ccc(Br)cc1)C(=O)CCc1ccc2c(c1)OCCO2. The Morgan fingerprint density at radius 3 is 2.35 bits per heavy atom. The van der Waals surface area contributed by atoms with Crippen LogP contribution in [0.2, 0.25) is 0 Å². The number of amides is 2. The van der Waals surface area contributed by atoms with Gasteiger partial charge in [-0.2, -0.15) is 0 Å². The molecule has 0 saturated heterocycles. The molecule has 2 amide bonds. The van der Waals surface area contributed by atoms with E-state index in [-0.39, 0.29) is 18.2 Å². The predicted molar refractivity (Wildman–Crippen MR) is 148 cm³/mol. The number of fused-ring (bicyclic) bond motifs is 1. The normalized spacial score (nSPS) is 13.0. The highest BCUT2D eigenvalue weighted by molar-refractivity contribution is 9.10. The molecule has 0 saturated carbocycles. The lowest BCUT2D eigenvalue weighted by atomic mass is 10.0. The minimum absolute atomic E-state index is 0.0645. The van der Waals surface area contributed by atoms with Crippen LogP contribution in [0.3, 0.4) is 0 Å². The standard InChI is InChI=1S/C30H33BrN2O4/c1-2-16-32-30(35)26(19-22-6-4-3-5-7-22)33(21-24-8-12-25(31)13-9-24)29(34)15-11-23-10-14-27-28(20-23)37-18-17-36-27/h3-10,12-14,20,26H,2,11,15-19,21H2,1H3,(H,32,35)/t26-/m0/s1. The van der Waals surface area contributed by atoms with Crippen molar-refractivity contribution in [3.8, 4) is 11.5 Å². The summed E-state index contributed by atoms with van der Waals surface area (Å²) in [6.45, 7) is 4.00. The maximum atomic E-state index is 13.8. The number of hydrogen-bond donors (Lipinski definition) is 1. The molecule has 0 radical (unpaired) electrons. The average molecular weight is 566 g/mol. The first-order chi connectivity index (χ1) is 18.0. The second-order valence-corrected chi connectivity index (χ2v) is 10.0. The van der Waals surface area contributed by atoms with Crippen molar-refractivity contribution < 1.29 is 19.1 Å². The van der Waals surface area contributed by atoms with Gasteiger partial charge in [-0.05, 0) is 53.8 Å². The fourth-order valence-corrected chi connectivity index (χ4v) is 4.61. The molecule has 1 atom stereocenters. The lowest BCUT2D eigenvalue weighted by Gasteiger charge is -2.31. The van der Waals surface area contributed by atoms with Gasteiger partial charge < -0.3 is 19.7 Å². The van der Waals surface area contributed by atoms with Crippen LogP contribution in [0.25, 0.3) is 0 Å². The molecule has 1 aliphatic rings. The third-order valence-corrected chi connectivity index (χ3v) is 6.85. The first-order valence-corrected chi connectivity index (χ1v) is 13.6. The Kier molecular flexibility index (Phi) is 9.60. The molecule has 1 aliphatic heterocycles. The van der Waals surface area contributed by atoms with Crippen LogP contribution in [0.15, 0.2) is 77.3 Å². The molecule has 1 N–H and O–H groups in total. The van der Waals surface area contributed by atoms with Gasteiger partial charge in [0.25, 0.3) is 0 Å². The monoisotopic (exact) mass is 564 g/mol. The van der Waals surface area contributed by atoms with Crippen LogP contribution in [0, 0.1) is 0 Å². The van der Waals surface area contributed by atoms with E-state index in [1.54, 1.807) is 4.90 Å². The fraction of sp³-hybridized carbons (Fsp3) is 0.333. The molecule has 37 heavy (non-hydrogen) atoms. The van der Waals surface area contributed by atoms with Crippen LogP contribution in [0.1, 0.15) is 36.5 Å². The molecule has 6 nitrogen and oxygen atoms in total. The summed E-state index contributed by atoms with van der Waals surface area (Å²) in [5, 5.41) is 3.02. The maximum Gasteiger partial charge on any atom is 0.243 e. The van der Waals surface area contributed by atoms with Crippen LogP contribution in [-0.4, -0.2) is 42.5 Å². The Bertz CT molecular complexity index is 1180. The van der Waals surface area contributed by atoms with Crippen LogP contribution in [0.5, 0.6) is 11.5 Å². The number of nitrogens with one attached hydrogen (secondary N) is 1. The molecule has 0 spiro atoms. The molecule has 7 heteroatoms. The number of benzene rings is 3. The van der Waals surface area contributed by atoms with Crippen molar-refractivity contribution in [1.82, 2.24) is 10.2 Å². The highest BCUT2D eigenvalue weighted by Gasteiger charge is 2.30. The molecule has 0 aliphatic carbocycles. The number of ether oxygens (including phenoxy) is 2. The molecule has 3 aromatic carbocycles. The van der Waals surface area contributed by atoms with Gasteiger partial charge in [-0.25, -0.2) is 0 Å². The summed E-state index contributed by atoms with van der Waals surface area (Å²) in [7, 11) is 0. The largest absolute Gasteiger partial charge is 0.486 e. The number of carbonyl (C=O) groups is 2. The van der Waals surface area contributed by atoms with Gasteiger partial charge in [-0.15, -0.1) is 0 Å². The van der Waals surface area contributed by atoms with Crippen LogP contribution in [-0.2, 0) is 29.0 Å². The molecule has 0 bridgehead atoms. The lowest BCUT2D eigenvalue weighted by Crippen LogP contribution is -2.50. The average Bonchev–Trinajstić information content (AvgIpc) is 2.93. The Balaban J connectivity index is 1.57. The highest BCUT2D eigenvalue weighted by Crippen LogP contribution is 2.31. The zero-order chi connectivity index (χ0) is 26.0. The predicted octanol–water partition coefficient (Wildman–Crippen LogP) is 5.32. The van der Waals surface area contributed by atoms with E-state index in [4.69, 9.17) is 9.47 Å². The number of carbonyl (C=O) groups excluding carboxylic acids is 2. The molecule has 0 fully saturated rings. The van der Waals surface area contributed by atoms with Crippen molar-refractivity contribution in [2.24, 2.45) is 0 Å². The van der Waals surface area contributed by atoms with Gasteiger partial charge in [0, 0.05) is 30.4 Å². The molecule has 4 rings (SSSR count). The first kappa shape index (κ1) is 26.7. The topological polar surface area (TPSA) is 67.9 Å². The van der Waals surface area contributed by atoms with E-state index < -0.39 is 6.04 Å². The molecular weight excluding hydrogens is 532 g/mol. The van der Waals surface area contributed by atoms with E-state index in [0.717, 1.165) is 33.3 Å². The highest BCUT2D eigenvalue weighted by atomic mass is 79.9. The van der Waals surface area contributed by atoms with Crippen molar-refractivity contribution in [3.63, 3.8) is 0 Å². The number of nitrogens with zero attached hydrogens (tertiary/aromatic N) is 1. The Morgan fingerprint density at radius 1 is 0.919 bits per heavy atom. The number of aryl methyl sites for hydroxylation is 1. The zero-order valence-corrected chi connectivity index (χ0v) is 22.7. The minimum Gasteiger partial charge on any atom is -0.486 e. The van der Waals surface area contributed by atoms with E-state index in [9.17, 15) is 9.59 Å². The number of hydrogen-bond acceptors (Lipinski definition) is 4. The molecular formula is C30H33BrN2O4. The van der Waals surface area contributed by atoms with Gasteiger partial charge in [-0.1, -0.05) is 71.4 Å². The number of halogens is 1. The summed E-state index contributed by atoms with van der Waals surface area (Å²) in [5.74, 6) is 1.25. The molecule has 0 aromatic heterocycles. The molecule has 3 aromatic rings. The second kappa shape index (κ2) is 13.3. The smallest absolute Gasteiger partial charge is 0.243 e. The Labute approximate surface area is 227 Å². The summed E-state index contributed by atoms with van der Waals surface area (Å²) in [6.07, 6.45) is 2.10. The van der Waals surface area contributed by atoms with Gasteiger partial charge >= 0.3 is 0 Å². The van der Waals surface area contributed by atoms with Crippen molar-refractivity contribution in [3.05, 3.63) is 94.0 Å². The molecule has 0 unspecified atom stereocenters. The van der Waals surface area contributed by atoms with Gasteiger partial charge in [0.2, 0.25) is 11.8 Å². The van der Waals surface area contributed by atoms with E-state index in [0.29, 0.717) is 44.9 Å². The second-order valence-electron chi connectivity index (χ2n) is 9.12. The molecule has 1 heterocycles. The first-order valence-electron chi connectivity index (χ1n) is 12.8. The Morgan fingerprint density at radius 2 is 1.62 bits per heavy atom. The quantitative estimate of drug-likeness (QED) is 0.342. The van der Waals surface area contributed by atoms with Crippen molar-refractivity contribution in [1.29, 1.82) is 0 Å². The van der Waals surface area contributed by atoms with Gasteiger partial charge in [-0.3, -0.25) is 9.59 Å². The van der Waals surface area contributed by atoms with E-state index in [1.807, 2.05) is 79.7 Å².